The molecule has 2 heterocycles. The lowest BCUT2D eigenvalue weighted by molar-refractivity contribution is 0.0951. The molecule has 2 aromatic heterocycles. The van der Waals surface area contributed by atoms with Crippen LogP contribution in [0.25, 0.3) is 16.7 Å². The van der Waals surface area contributed by atoms with E-state index in [1.54, 1.807) is 4.68 Å². The van der Waals surface area contributed by atoms with E-state index in [1.165, 1.54) is 11.8 Å². The van der Waals surface area contributed by atoms with Crippen LogP contribution in [0.3, 0.4) is 0 Å². The average molecular weight is 372 g/mol. The van der Waals surface area contributed by atoms with Gasteiger partial charge in [-0.1, -0.05) is 29.3 Å². The van der Waals surface area contributed by atoms with E-state index in [9.17, 15) is 4.79 Å². The minimum atomic E-state index is -0.228. The van der Waals surface area contributed by atoms with Gasteiger partial charge in [-0.15, -0.1) is 0 Å². The number of carbonyl (C=O) groups is 1. The van der Waals surface area contributed by atoms with Gasteiger partial charge in [0.15, 0.2) is 5.65 Å². The minimum Gasteiger partial charge on any atom is -0.351 e. The molecule has 26 heavy (non-hydrogen) atoms. The zero-order valence-electron chi connectivity index (χ0n) is 15.4. The van der Waals surface area contributed by atoms with Crippen LogP contribution in [0, 0.1) is 13.8 Å². The van der Waals surface area contributed by atoms with Gasteiger partial charge in [-0.05, 0) is 40.1 Å². The number of nitrogens with one attached hydrogen (secondary N) is 1. The molecule has 1 N–H and O–H groups in total. The largest absolute Gasteiger partial charge is 0.351 e. The van der Waals surface area contributed by atoms with Crippen molar-refractivity contribution in [3.05, 3.63) is 52.3 Å². The number of halogens is 1. The zero-order valence-corrected chi connectivity index (χ0v) is 16.1. The monoisotopic (exact) mass is 371 g/mol. The number of aromatic nitrogens is 3. The molecule has 0 fully saturated rings. The summed E-state index contributed by atoms with van der Waals surface area (Å²) in [5.74, 6) is -0.228. The molecule has 0 aliphatic carbocycles. The van der Waals surface area contributed by atoms with Gasteiger partial charge in [0.2, 0.25) is 0 Å². The van der Waals surface area contributed by atoms with Gasteiger partial charge in [-0.25, -0.2) is 9.67 Å². The van der Waals surface area contributed by atoms with E-state index in [4.69, 9.17) is 11.6 Å². The number of nitrogens with zero attached hydrogens (tertiary/aromatic N) is 4. The highest BCUT2D eigenvalue weighted by molar-refractivity contribution is 6.38. The standard InChI is InChI=1S/C19H22ClN5O/c1-12-5-7-14(8-6-12)25-18-16(13(2)23-25)17(20)15(11-22-18)19(26)21-9-10-24(3)4/h5-8,11H,9-10H2,1-4H3,(H,21,26). The molecule has 136 valence electrons. The van der Waals surface area contributed by atoms with Gasteiger partial charge in [-0.3, -0.25) is 4.79 Å². The molecule has 1 amide bonds. The lowest BCUT2D eigenvalue weighted by Gasteiger charge is -2.11. The van der Waals surface area contributed by atoms with Crippen LogP contribution >= 0.6 is 11.6 Å². The summed E-state index contributed by atoms with van der Waals surface area (Å²) in [4.78, 5) is 18.9. The number of likely N-dealkylation sites (N-methyl/N-ethyl adjacent to an activating group) is 1. The predicted octanol–water partition coefficient (Wildman–Crippen LogP) is 2.98. The average Bonchev–Trinajstić information content (AvgIpc) is 2.93. The summed E-state index contributed by atoms with van der Waals surface area (Å²) in [6.45, 7) is 5.20. The number of fused-ring (bicyclic) bond motifs is 1. The third-order valence-electron chi connectivity index (χ3n) is 4.18. The number of amides is 1. The number of benzene rings is 1. The normalized spacial score (nSPS) is 11.3. The lowest BCUT2D eigenvalue weighted by Crippen LogP contribution is -2.31. The number of rotatable bonds is 5. The third kappa shape index (κ3) is 3.57. The highest BCUT2D eigenvalue weighted by Gasteiger charge is 2.19. The lowest BCUT2D eigenvalue weighted by atomic mass is 10.2. The Morgan fingerprint density at radius 3 is 2.58 bits per heavy atom. The van der Waals surface area contributed by atoms with Crippen LogP contribution in [0.5, 0.6) is 0 Å². The molecule has 7 heteroatoms. The van der Waals surface area contributed by atoms with Crippen molar-refractivity contribution in [2.45, 2.75) is 13.8 Å². The number of hydrogen-bond acceptors (Lipinski definition) is 4. The van der Waals surface area contributed by atoms with Crippen LogP contribution in [-0.2, 0) is 0 Å². The van der Waals surface area contributed by atoms with Crippen molar-refractivity contribution in [3.63, 3.8) is 0 Å². The first-order valence-electron chi connectivity index (χ1n) is 8.42. The molecule has 0 aliphatic heterocycles. The van der Waals surface area contributed by atoms with Crippen molar-refractivity contribution < 1.29 is 4.79 Å². The van der Waals surface area contributed by atoms with Crippen LogP contribution in [-0.4, -0.2) is 52.8 Å². The van der Waals surface area contributed by atoms with Gasteiger partial charge >= 0.3 is 0 Å². The maximum Gasteiger partial charge on any atom is 0.254 e. The summed E-state index contributed by atoms with van der Waals surface area (Å²) in [6.07, 6.45) is 1.52. The summed E-state index contributed by atoms with van der Waals surface area (Å²) in [6, 6.07) is 8.01. The van der Waals surface area contributed by atoms with Crippen LogP contribution in [0.15, 0.2) is 30.5 Å². The van der Waals surface area contributed by atoms with Gasteiger partial charge in [0.25, 0.3) is 5.91 Å². The molecule has 0 aliphatic rings. The van der Waals surface area contributed by atoms with Crippen molar-refractivity contribution >= 4 is 28.5 Å². The van der Waals surface area contributed by atoms with Crippen molar-refractivity contribution in [1.29, 1.82) is 0 Å². The molecule has 6 nitrogen and oxygen atoms in total. The first-order valence-corrected chi connectivity index (χ1v) is 8.80. The molecular weight excluding hydrogens is 350 g/mol. The second kappa shape index (κ2) is 7.43. The van der Waals surface area contributed by atoms with Crippen molar-refractivity contribution in [2.24, 2.45) is 0 Å². The number of pyridine rings is 1. The molecule has 0 saturated carbocycles. The molecule has 0 spiro atoms. The summed E-state index contributed by atoms with van der Waals surface area (Å²) < 4.78 is 1.75. The second-order valence-corrected chi connectivity index (χ2v) is 6.95. The predicted molar refractivity (Wildman–Crippen MR) is 104 cm³/mol. The quantitative estimate of drug-likeness (QED) is 0.749. The maximum atomic E-state index is 12.4. The molecule has 0 unspecified atom stereocenters. The molecule has 0 atom stereocenters. The van der Waals surface area contributed by atoms with Crippen LogP contribution in [0.1, 0.15) is 21.6 Å². The third-order valence-corrected chi connectivity index (χ3v) is 4.57. The molecular formula is C19H22ClN5O. The Bertz CT molecular complexity index is 947. The summed E-state index contributed by atoms with van der Waals surface area (Å²) in [5, 5.41) is 8.52. The molecule has 0 bridgehead atoms. The van der Waals surface area contributed by atoms with Crippen molar-refractivity contribution in [2.75, 3.05) is 27.2 Å². The van der Waals surface area contributed by atoms with Gasteiger partial charge in [-0.2, -0.15) is 5.10 Å². The molecule has 3 rings (SSSR count). The first-order chi connectivity index (χ1) is 12.4. The summed E-state index contributed by atoms with van der Waals surface area (Å²) in [7, 11) is 3.91. The molecule has 3 aromatic rings. The molecule has 0 saturated heterocycles. The van der Waals surface area contributed by atoms with E-state index in [-0.39, 0.29) is 5.91 Å². The van der Waals surface area contributed by atoms with Crippen LogP contribution in [0.2, 0.25) is 5.02 Å². The fourth-order valence-corrected chi connectivity index (χ4v) is 3.08. The smallest absolute Gasteiger partial charge is 0.254 e. The Labute approximate surface area is 157 Å². The van der Waals surface area contributed by atoms with E-state index >= 15 is 0 Å². The Morgan fingerprint density at radius 1 is 1.23 bits per heavy atom. The summed E-state index contributed by atoms with van der Waals surface area (Å²) in [5.41, 5.74) is 3.82. The highest BCUT2D eigenvalue weighted by Crippen LogP contribution is 2.29. The van der Waals surface area contributed by atoms with Gasteiger partial charge in [0, 0.05) is 19.3 Å². The Hall–Kier alpha value is -2.44. The summed E-state index contributed by atoms with van der Waals surface area (Å²) >= 11 is 6.54. The van der Waals surface area contributed by atoms with Gasteiger partial charge in [0.05, 0.1) is 27.4 Å². The van der Waals surface area contributed by atoms with Crippen LogP contribution in [0.4, 0.5) is 0 Å². The first kappa shape index (κ1) is 18.4. The second-order valence-electron chi connectivity index (χ2n) is 6.58. The van der Waals surface area contributed by atoms with E-state index in [2.05, 4.69) is 15.4 Å². The maximum absolute atomic E-state index is 12.4. The van der Waals surface area contributed by atoms with Crippen molar-refractivity contribution in [3.8, 4) is 5.69 Å². The van der Waals surface area contributed by atoms with E-state index < -0.39 is 0 Å². The number of carbonyl (C=O) groups excluding carboxylic acids is 1. The Morgan fingerprint density at radius 2 is 1.92 bits per heavy atom. The molecule has 1 aromatic carbocycles. The van der Waals surface area contributed by atoms with E-state index in [0.29, 0.717) is 28.2 Å². The Kier molecular flexibility index (Phi) is 5.25. The highest BCUT2D eigenvalue weighted by atomic mass is 35.5. The van der Waals surface area contributed by atoms with Crippen LogP contribution < -0.4 is 5.32 Å². The number of aryl methyl sites for hydroxylation is 2. The minimum absolute atomic E-state index is 0.228. The van der Waals surface area contributed by atoms with E-state index in [1.807, 2.05) is 57.1 Å². The number of hydrogen-bond donors (Lipinski definition) is 1. The molecule has 0 radical (unpaired) electrons. The SMILES string of the molecule is Cc1ccc(-n2nc(C)c3c(Cl)c(C(=O)NCCN(C)C)cnc32)cc1. The zero-order chi connectivity index (χ0) is 18.8. The van der Waals surface area contributed by atoms with Gasteiger partial charge < -0.3 is 10.2 Å². The topological polar surface area (TPSA) is 63.1 Å². The fourth-order valence-electron chi connectivity index (χ4n) is 2.72. The van der Waals surface area contributed by atoms with E-state index in [0.717, 1.165) is 17.9 Å². The fraction of sp³-hybridized carbons (Fsp3) is 0.316. The van der Waals surface area contributed by atoms with Gasteiger partial charge in [0.1, 0.15) is 0 Å². The van der Waals surface area contributed by atoms with Crippen molar-refractivity contribution in [1.82, 2.24) is 25.0 Å². The Balaban J connectivity index is 1.98.